The van der Waals surface area contributed by atoms with E-state index in [1.165, 1.54) is 5.56 Å². The van der Waals surface area contributed by atoms with Gasteiger partial charge in [-0.25, -0.2) is 4.79 Å². The monoisotopic (exact) mass is 348 g/mol. The van der Waals surface area contributed by atoms with Crippen LogP contribution in [0, 0.1) is 6.92 Å². The molecule has 0 aliphatic rings. The van der Waals surface area contributed by atoms with Gasteiger partial charge in [-0.3, -0.25) is 4.98 Å². The summed E-state index contributed by atoms with van der Waals surface area (Å²) in [6.07, 6.45) is 3.63. The number of ether oxygens (including phenoxy) is 1. The fourth-order valence-corrected chi connectivity index (χ4v) is 2.39. The van der Waals surface area contributed by atoms with Crippen LogP contribution in [0.15, 0.2) is 41.1 Å². The molecule has 0 radical (unpaired) electrons. The smallest absolute Gasteiger partial charge is 0.338 e. The molecule has 0 bridgehead atoms. The van der Waals surface area contributed by atoms with E-state index in [-0.39, 0.29) is 5.97 Å². The summed E-state index contributed by atoms with van der Waals surface area (Å²) in [6.45, 7) is 4.89. The van der Waals surface area contributed by atoms with Crippen molar-refractivity contribution in [1.29, 1.82) is 0 Å². The fourth-order valence-electron chi connectivity index (χ4n) is 1.87. The molecule has 0 fully saturated rings. The number of aromatic nitrogens is 1. The molecule has 0 saturated carbocycles. The second-order valence-corrected chi connectivity index (χ2v) is 5.43. The average molecular weight is 349 g/mol. The van der Waals surface area contributed by atoms with Crippen LogP contribution >= 0.6 is 15.9 Å². The highest BCUT2D eigenvalue weighted by molar-refractivity contribution is 9.10. The van der Waals surface area contributed by atoms with Gasteiger partial charge in [0, 0.05) is 29.1 Å². The largest absolute Gasteiger partial charge is 0.462 e. The summed E-state index contributed by atoms with van der Waals surface area (Å²) in [5, 5.41) is 3.33. The fraction of sp³-hybridized carbons (Fsp3) is 0.250. The molecule has 4 nitrogen and oxygen atoms in total. The van der Waals surface area contributed by atoms with Crippen molar-refractivity contribution in [2.75, 3.05) is 11.9 Å². The van der Waals surface area contributed by atoms with Crippen molar-refractivity contribution in [3.05, 3.63) is 57.8 Å². The molecule has 1 heterocycles. The molecule has 1 aromatic carbocycles. The quantitative estimate of drug-likeness (QED) is 0.831. The first-order valence-corrected chi connectivity index (χ1v) is 7.51. The maximum Gasteiger partial charge on any atom is 0.338 e. The van der Waals surface area contributed by atoms with Crippen molar-refractivity contribution in [2.45, 2.75) is 20.4 Å². The van der Waals surface area contributed by atoms with Gasteiger partial charge in [0.15, 0.2) is 0 Å². The number of nitrogens with zero attached hydrogens (tertiary/aromatic N) is 1. The van der Waals surface area contributed by atoms with E-state index in [0.29, 0.717) is 18.7 Å². The molecular weight excluding hydrogens is 332 g/mol. The van der Waals surface area contributed by atoms with E-state index in [1.807, 2.05) is 18.3 Å². The first kappa shape index (κ1) is 15.5. The van der Waals surface area contributed by atoms with Crippen LogP contribution in [0.3, 0.4) is 0 Å². The van der Waals surface area contributed by atoms with Crippen LogP contribution in [-0.4, -0.2) is 17.6 Å². The zero-order chi connectivity index (χ0) is 15.2. The number of carbonyl (C=O) groups is 1. The van der Waals surface area contributed by atoms with Crippen molar-refractivity contribution in [2.24, 2.45) is 0 Å². The Kier molecular flexibility index (Phi) is 5.33. The molecule has 0 amide bonds. The van der Waals surface area contributed by atoms with Crippen molar-refractivity contribution >= 4 is 27.6 Å². The Morgan fingerprint density at radius 1 is 1.38 bits per heavy atom. The summed E-state index contributed by atoms with van der Waals surface area (Å²) < 4.78 is 5.81. The van der Waals surface area contributed by atoms with E-state index in [0.717, 1.165) is 15.7 Å². The summed E-state index contributed by atoms with van der Waals surface area (Å²) in [6, 6.07) is 7.36. The van der Waals surface area contributed by atoms with Crippen molar-refractivity contribution in [3.63, 3.8) is 0 Å². The molecule has 1 aromatic heterocycles. The second kappa shape index (κ2) is 7.22. The van der Waals surface area contributed by atoms with E-state index in [2.05, 4.69) is 33.2 Å². The van der Waals surface area contributed by atoms with Crippen LogP contribution in [0.5, 0.6) is 0 Å². The lowest BCUT2D eigenvalue weighted by Gasteiger charge is -2.11. The molecule has 1 N–H and O–H groups in total. The Morgan fingerprint density at radius 2 is 2.19 bits per heavy atom. The van der Waals surface area contributed by atoms with Gasteiger partial charge in [0.05, 0.1) is 12.2 Å². The molecule has 5 heteroatoms. The van der Waals surface area contributed by atoms with Crippen molar-refractivity contribution in [1.82, 2.24) is 4.98 Å². The van der Waals surface area contributed by atoms with Crippen LogP contribution in [0.2, 0.25) is 0 Å². The van der Waals surface area contributed by atoms with Gasteiger partial charge in [-0.2, -0.15) is 0 Å². The van der Waals surface area contributed by atoms with E-state index in [9.17, 15) is 4.79 Å². The number of nitrogens with one attached hydrogen (secondary N) is 1. The Labute approximate surface area is 132 Å². The first-order valence-electron chi connectivity index (χ1n) is 6.72. The lowest BCUT2D eigenvalue weighted by molar-refractivity contribution is 0.0526. The van der Waals surface area contributed by atoms with Crippen LogP contribution in [0.4, 0.5) is 5.69 Å². The first-order chi connectivity index (χ1) is 10.1. The molecule has 110 valence electrons. The number of rotatable bonds is 5. The predicted molar refractivity (Wildman–Crippen MR) is 86.4 cm³/mol. The molecule has 2 rings (SSSR count). The van der Waals surface area contributed by atoms with Gasteiger partial charge in [0.1, 0.15) is 0 Å². The van der Waals surface area contributed by atoms with Crippen LogP contribution in [-0.2, 0) is 11.3 Å². The van der Waals surface area contributed by atoms with E-state index < -0.39 is 0 Å². The number of pyridine rings is 1. The number of anilines is 1. The third kappa shape index (κ3) is 4.04. The SMILES string of the molecule is CCOC(=O)c1ccc(NCc2cnccc2C)c(Br)c1. The zero-order valence-electron chi connectivity index (χ0n) is 12.0. The van der Waals surface area contributed by atoms with Crippen molar-refractivity contribution < 1.29 is 9.53 Å². The molecule has 0 aliphatic carbocycles. The standard InChI is InChI=1S/C16H17BrN2O2/c1-3-21-16(20)12-4-5-15(14(17)8-12)19-10-13-9-18-7-6-11(13)2/h4-9,19H,3,10H2,1-2H3. The Hall–Kier alpha value is -1.88. The van der Waals surface area contributed by atoms with E-state index in [1.54, 1.807) is 25.3 Å². The van der Waals surface area contributed by atoms with Gasteiger partial charge in [0.25, 0.3) is 0 Å². The van der Waals surface area contributed by atoms with Crippen LogP contribution in [0.1, 0.15) is 28.4 Å². The molecule has 21 heavy (non-hydrogen) atoms. The number of hydrogen-bond acceptors (Lipinski definition) is 4. The number of hydrogen-bond donors (Lipinski definition) is 1. The third-order valence-corrected chi connectivity index (χ3v) is 3.75. The topological polar surface area (TPSA) is 51.2 Å². The number of carbonyl (C=O) groups excluding carboxylic acids is 1. The highest BCUT2D eigenvalue weighted by Gasteiger charge is 2.09. The number of benzene rings is 1. The third-order valence-electron chi connectivity index (χ3n) is 3.10. The minimum absolute atomic E-state index is 0.312. The molecule has 0 unspecified atom stereocenters. The van der Waals surface area contributed by atoms with Gasteiger partial charge in [-0.15, -0.1) is 0 Å². The number of aryl methyl sites for hydroxylation is 1. The summed E-state index contributed by atoms with van der Waals surface area (Å²) in [5.41, 5.74) is 3.79. The molecule has 0 aliphatic heterocycles. The molecule has 2 aromatic rings. The lowest BCUT2D eigenvalue weighted by atomic mass is 10.1. The summed E-state index contributed by atoms with van der Waals surface area (Å²) in [7, 11) is 0. The van der Waals surface area contributed by atoms with Crippen LogP contribution in [0.25, 0.3) is 0 Å². The molecular formula is C16H17BrN2O2. The number of halogens is 1. The summed E-state index contributed by atoms with van der Waals surface area (Å²) in [5.74, 6) is -0.312. The minimum Gasteiger partial charge on any atom is -0.462 e. The lowest BCUT2D eigenvalue weighted by Crippen LogP contribution is -2.06. The Morgan fingerprint density at radius 3 is 2.86 bits per heavy atom. The highest BCUT2D eigenvalue weighted by Crippen LogP contribution is 2.25. The van der Waals surface area contributed by atoms with E-state index >= 15 is 0 Å². The molecule has 0 saturated heterocycles. The van der Waals surface area contributed by atoms with Crippen molar-refractivity contribution in [3.8, 4) is 0 Å². The summed E-state index contributed by atoms with van der Waals surface area (Å²) >= 11 is 3.47. The van der Waals surface area contributed by atoms with Gasteiger partial charge in [-0.05, 0) is 65.2 Å². The average Bonchev–Trinajstić information content (AvgIpc) is 2.47. The Bertz CT molecular complexity index is 644. The normalized spacial score (nSPS) is 10.2. The Balaban J connectivity index is 2.08. The predicted octanol–water partition coefficient (Wildman–Crippen LogP) is 3.94. The van der Waals surface area contributed by atoms with Gasteiger partial charge >= 0.3 is 5.97 Å². The minimum atomic E-state index is -0.312. The van der Waals surface area contributed by atoms with Crippen LogP contribution < -0.4 is 5.32 Å². The summed E-state index contributed by atoms with van der Waals surface area (Å²) in [4.78, 5) is 15.8. The second-order valence-electron chi connectivity index (χ2n) is 4.57. The van der Waals surface area contributed by atoms with E-state index in [4.69, 9.17) is 4.74 Å². The zero-order valence-corrected chi connectivity index (χ0v) is 13.6. The number of esters is 1. The highest BCUT2D eigenvalue weighted by atomic mass is 79.9. The maximum absolute atomic E-state index is 11.7. The maximum atomic E-state index is 11.7. The van der Waals surface area contributed by atoms with Gasteiger partial charge < -0.3 is 10.1 Å². The van der Waals surface area contributed by atoms with Gasteiger partial charge in [-0.1, -0.05) is 0 Å². The van der Waals surface area contributed by atoms with Gasteiger partial charge in [0.2, 0.25) is 0 Å². The molecule has 0 atom stereocenters. The molecule has 0 spiro atoms.